The van der Waals surface area contributed by atoms with E-state index in [9.17, 15) is 0 Å². The van der Waals surface area contributed by atoms with E-state index in [-0.39, 0.29) is 16.2 Å². The number of benzene rings is 14. The van der Waals surface area contributed by atoms with Gasteiger partial charge in [-0.2, -0.15) is 0 Å². The van der Waals surface area contributed by atoms with E-state index in [0.29, 0.717) is 0 Å². The highest BCUT2D eigenvalue weighted by atomic mass is 15.1. The first-order valence-corrected chi connectivity index (χ1v) is 34.3. The smallest absolute Gasteiger partial charge is 0.0468 e. The summed E-state index contributed by atoms with van der Waals surface area (Å²) in [5.41, 5.74) is 27.9. The molecule has 0 radical (unpaired) electrons. The Morgan fingerprint density at radius 2 is 0.453 bits per heavy atom. The van der Waals surface area contributed by atoms with Crippen LogP contribution in [0.2, 0.25) is 0 Å². The van der Waals surface area contributed by atoms with Crippen LogP contribution in [0.3, 0.4) is 0 Å². The number of anilines is 6. The summed E-state index contributed by atoms with van der Waals surface area (Å²) in [6.07, 6.45) is 13.4. The summed E-state index contributed by atoms with van der Waals surface area (Å²) in [5.74, 6) is 0. The average Bonchev–Trinajstić information content (AvgIpc) is 1.59. The van der Waals surface area contributed by atoms with Crippen LogP contribution < -0.4 is 9.80 Å². The molecule has 2 heteroatoms. The molecule has 0 heterocycles. The van der Waals surface area contributed by atoms with Crippen molar-refractivity contribution < 1.29 is 0 Å². The number of nitrogens with zero attached hydrogens (tertiary/aromatic N) is 2. The molecular weight excluding hydrogens is 1150 g/mol. The number of rotatable bonds is 14. The van der Waals surface area contributed by atoms with Crippen molar-refractivity contribution in [3.05, 3.63) is 335 Å². The molecule has 3 aliphatic rings. The second kappa shape index (κ2) is 22.7. The third-order valence-electron chi connectivity index (χ3n) is 22.3. The first-order valence-electron chi connectivity index (χ1n) is 34.3. The van der Waals surface area contributed by atoms with Gasteiger partial charge in [-0.1, -0.05) is 272 Å². The summed E-state index contributed by atoms with van der Waals surface area (Å²) >= 11 is 0. The Balaban J connectivity index is 0.636. The summed E-state index contributed by atoms with van der Waals surface area (Å²) < 4.78 is 0. The van der Waals surface area contributed by atoms with E-state index >= 15 is 0 Å². The van der Waals surface area contributed by atoms with Crippen LogP contribution in [0.25, 0.3) is 101 Å². The highest BCUT2D eigenvalue weighted by Crippen LogP contribution is 2.57. The van der Waals surface area contributed by atoms with Gasteiger partial charge in [0.2, 0.25) is 0 Å². The molecule has 95 heavy (non-hydrogen) atoms. The van der Waals surface area contributed by atoms with Gasteiger partial charge in [-0.3, -0.25) is 0 Å². The second-order valence-electron chi connectivity index (χ2n) is 27.3. The molecule has 0 N–H and O–H groups in total. The minimum absolute atomic E-state index is 0.126. The van der Waals surface area contributed by atoms with Crippen LogP contribution >= 0.6 is 0 Å². The van der Waals surface area contributed by atoms with Crippen molar-refractivity contribution in [2.45, 2.75) is 83.5 Å². The minimum atomic E-state index is -0.172. The van der Waals surface area contributed by atoms with Gasteiger partial charge in [0.05, 0.1) is 0 Å². The van der Waals surface area contributed by atoms with Crippen molar-refractivity contribution in [1.29, 1.82) is 0 Å². The van der Waals surface area contributed by atoms with Gasteiger partial charge in [0.1, 0.15) is 0 Å². The third-order valence-corrected chi connectivity index (χ3v) is 22.3. The molecule has 17 rings (SSSR count). The third kappa shape index (κ3) is 9.43. The minimum Gasteiger partial charge on any atom is -0.310 e. The molecule has 0 aromatic heterocycles. The topological polar surface area (TPSA) is 6.48 Å². The molecule has 0 atom stereocenters. The zero-order chi connectivity index (χ0) is 64.2. The van der Waals surface area contributed by atoms with Crippen molar-refractivity contribution in [2.75, 3.05) is 9.80 Å². The van der Waals surface area contributed by atoms with Gasteiger partial charge in [-0.25, -0.2) is 0 Å². The van der Waals surface area contributed by atoms with Crippen LogP contribution in [-0.2, 0) is 16.2 Å². The van der Waals surface area contributed by atoms with Crippen molar-refractivity contribution >= 4 is 102 Å². The molecule has 3 aliphatic carbocycles. The second-order valence-corrected chi connectivity index (χ2v) is 27.3. The van der Waals surface area contributed by atoms with E-state index in [1.54, 1.807) is 0 Å². The molecule has 0 spiro atoms. The van der Waals surface area contributed by atoms with Crippen LogP contribution in [0, 0.1) is 0 Å². The normalized spacial score (nSPS) is 14.3. The predicted molar refractivity (Wildman–Crippen MR) is 408 cm³/mol. The quantitative estimate of drug-likeness (QED) is 0.100. The molecule has 0 fully saturated rings. The summed E-state index contributed by atoms with van der Waals surface area (Å²) in [4.78, 5) is 4.92. The number of fused-ring (bicyclic) bond motifs is 13. The molecule has 0 bridgehead atoms. The predicted octanol–water partition coefficient (Wildman–Crippen LogP) is 26.1. The van der Waals surface area contributed by atoms with Crippen LogP contribution in [0.15, 0.2) is 279 Å². The van der Waals surface area contributed by atoms with Crippen LogP contribution in [0.1, 0.15) is 123 Å². The lowest BCUT2D eigenvalue weighted by molar-refractivity contribution is 0.490. The molecule has 0 aliphatic heterocycles. The van der Waals surface area contributed by atoms with Gasteiger partial charge in [0, 0.05) is 50.4 Å². The summed E-state index contributed by atoms with van der Waals surface area (Å²) in [5, 5.41) is 9.90. The Morgan fingerprint density at radius 3 is 0.737 bits per heavy atom. The van der Waals surface area contributed by atoms with Gasteiger partial charge >= 0.3 is 0 Å². The monoisotopic (exact) mass is 1220 g/mol. The van der Waals surface area contributed by atoms with Crippen molar-refractivity contribution in [2.24, 2.45) is 0 Å². The molecule has 14 aromatic carbocycles. The Hall–Kier alpha value is -10.8. The molecule has 14 aromatic rings. The maximum atomic E-state index is 2.51. The molecule has 2 nitrogen and oxygen atoms in total. The highest BCUT2D eigenvalue weighted by Gasteiger charge is 2.43. The fraction of sp³-hybridized carbons (Fsp3) is 0.140. The summed E-state index contributed by atoms with van der Waals surface area (Å²) in [6.45, 7) is 14.3. The molecule has 0 saturated carbocycles. The largest absolute Gasteiger partial charge is 0.310 e. The summed E-state index contributed by atoms with van der Waals surface area (Å²) in [7, 11) is 0. The first-order chi connectivity index (χ1) is 46.5. The van der Waals surface area contributed by atoms with Gasteiger partial charge in [-0.15, -0.1) is 0 Å². The van der Waals surface area contributed by atoms with Crippen LogP contribution in [0.5, 0.6) is 0 Å². The van der Waals surface area contributed by atoms with E-state index in [4.69, 9.17) is 0 Å². The SMILES string of the molecule is CCC1(CC)c2cc(C=Cc3ccc4c(c3)C(C)(C)c3cc(C=Cc5ccc6c(c5)C(CC)(CC)c5cc(N(c7ccc8ccccc8c7)c7ccc8ccccc8c7)ccc5-6)ccc3-4)ccc2-c2ccc(N(c3ccc4ccccc4c3)c3ccc4ccccc4c3)cc21. The molecular formula is C93H76N2. The fourth-order valence-electron chi connectivity index (χ4n) is 17.0. The lowest BCUT2D eigenvalue weighted by Crippen LogP contribution is -2.23. The lowest BCUT2D eigenvalue weighted by Gasteiger charge is -2.32. The van der Waals surface area contributed by atoms with E-state index in [1.807, 2.05) is 0 Å². The average molecular weight is 1220 g/mol. The Kier molecular flexibility index (Phi) is 13.9. The Labute approximate surface area is 559 Å². The van der Waals surface area contributed by atoms with E-state index in [0.717, 1.165) is 48.4 Å². The molecule has 458 valence electrons. The number of hydrogen-bond acceptors (Lipinski definition) is 2. The number of hydrogen-bond donors (Lipinski definition) is 0. The summed E-state index contributed by atoms with van der Waals surface area (Å²) in [6, 6.07) is 105. The molecule has 0 amide bonds. The Morgan fingerprint density at radius 1 is 0.232 bits per heavy atom. The van der Waals surface area contributed by atoms with E-state index < -0.39 is 0 Å². The Bertz CT molecular complexity index is 4990. The van der Waals surface area contributed by atoms with Gasteiger partial charge in [0.15, 0.2) is 0 Å². The van der Waals surface area contributed by atoms with Crippen LogP contribution in [0.4, 0.5) is 34.1 Å². The highest BCUT2D eigenvalue weighted by molar-refractivity contribution is 5.97. The zero-order valence-electron chi connectivity index (χ0n) is 55.1. The van der Waals surface area contributed by atoms with Gasteiger partial charge < -0.3 is 9.80 Å². The maximum absolute atomic E-state index is 2.51. The van der Waals surface area contributed by atoms with Crippen molar-refractivity contribution in [1.82, 2.24) is 0 Å². The van der Waals surface area contributed by atoms with E-state index in [2.05, 4.69) is 355 Å². The van der Waals surface area contributed by atoms with Crippen molar-refractivity contribution in [3.63, 3.8) is 0 Å². The lowest BCUT2D eigenvalue weighted by atomic mass is 9.73. The maximum Gasteiger partial charge on any atom is 0.0468 e. The van der Waals surface area contributed by atoms with Gasteiger partial charge in [-0.05, 0) is 231 Å². The molecule has 0 unspecified atom stereocenters. The first kappa shape index (κ1) is 58.1. The van der Waals surface area contributed by atoms with Crippen molar-refractivity contribution in [3.8, 4) is 33.4 Å². The fourth-order valence-corrected chi connectivity index (χ4v) is 17.0. The zero-order valence-corrected chi connectivity index (χ0v) is 55.1. The van der Waals surface area contributed by atoms with E-state index in [1.165, 1.54) is 143 Å². The van der Waals surface area contributed by atoms with Crippen LogP contribution in [-0.4, -0.2) is 0 Å². The molecule has 0 saturated heterocycles. The van der Waals surface area contributed by atoms with Gasteiger partial charge in [0.25, 0.3) is 0 Å². The standard InChI is InChI=1S/C93H76N2/c1-7-92(8-2)87-53-63(33-47-81(87)83-49-43-77(59-89(83)92)94(73-39-35-65-19-11-15-23-69(65)55-73)74-40-36-66-20-12-16-24-70(66)56-74)29-27-61-31-45-79-80-46-32-62(52-86(80)91(5,6)85(79)51-61)28-30-64-34-48-82-84-50-44-78(60-90(84)93(9-3,10-4)88(82)54-64)95(75-41-37-67-21-13-17-25-71(67)57-75)76-42-38-68-22-14-18-26-72(68)58-76/h11-60H,7-10H2,1-6H3.